The summed E-state index contributed by atoms with van der Waals surface area (Å²) in [5, 5.41) is 3.54. The molecule has 2 fully saturated rings. The number of para-hydroxylation sites is 1. The number of halogens is 1. The van der Waals surface area contributed by atoms with Gasteiger partial charge in [0.05, 0.1) is 12.7 Å². The maximum absolute atomic E-state index is 5.95. The van der Waals surface area contributed by atoms with E-state index in [1.807, 2.05) is 13.1 Å². The lowest BCUT2D eigenvalue weighted by molar-refractivity contribution is -0.0816. The second-order valence-electron chi connectivity index (χ2n) is 7.13. The topological polar surface area (TPSA) is 49.3 Å². The van der Waals surface area contributed by atoms with Crippen molar-refractivity contribution >= 4 is 35.6 Å². The molecule has 3 rings (SSSR count). The zero-order valence-corrected chi connectivity index (χ0v) is 19.0. The van der Waals surface area contributed by atoms with Crippen molar-refractivity contribution < 1.29 is 9.47 Å². The number of likely N-dealkylation sites (N-methyl/N-ethyl adjacent to an activating group) is 1. The summed E-state index contributed by atoms with van der Waals surface area (Å²) >= 11 is 0. The summed E-state index contributed by atoms with van der Waals surface area (Å²) in [5.41, 5.74) is 1.22. The molecule has 6 nitrogen and oxygen atoms in total. The van der Waals surface area contributed by atoms with E-state index in [0.717, 1.165) is 51.6 Å². The maximum atomic E-state index is 5.95. The molecule has 1 aromatic rings. The summed E-state index contributed by atoms with van der Waals surface area (Å²) in [6.07, 6.45) is 2.62. The minimum Gasteiger partial charge on any atom is -0.375 e. The number of aliphatic imine (C=N–C) groups is 1. The lowest BCUT2D eigenvalue weighted by Gasteiger charge is -2.37. The largest absolute Gasteiger partial charge is 0.375 e. The highest BCUT2D eigenvalue weighted by Crippen LogP contribution is 2.21. The molecule has 0 spiro atoms. The highest BCUT2D eigenvalue weighted by atomic mass is 127. The average Bonchev–Trinajstić information content (AvgIpc) is 3.23. The molecule has 7 heteroatoms. The van der Waals surface area contributed by atoms with Gasteiger partial charge in [0.25, 0.3) is 0 Å². The predicted molar refractivity (Wildman–Crippen MR) is 121 cm³/mol. The molecule has 2 aliphatic rings. The van der Waals surface area contributed by atoms with E-state index < -0.39 is 0 Å². The highest BCUT2D eigenvalue weighted by Gasteiger charge is 2.32. The molecule has 0 amide bonds. The minimum absolute atomic E-state index is 0. The van der Waals surface area contributed by atoms with Crippen LogP contribution in [-0.4, -0.2) is 76.1 Å². The van der Waals surface area contributed by atoms with Gasteiger partial charge < -0.3 is 24.6 Å². The van der Waals surface area contributed by atoms with Crippen molar-refractivity contribution in [2.45, 2.75) is 38.0 Å². The normalized spacial score (nSPS) is 24.3. The molecular formula is C20H33IN4O2. The van der Waals surface area contributed by atoms with Gasteiger partial charge in [-0.2, -0.15) is 0 Å². The van der Waals surface area contributed by atoms with Crippen LogP contribution in [0.3, 0.4) is 0 Å². The fourth-order valence-corrected chi connectivity index (χ4v) is 3.61. The Labute approximate surface area is 180 Å². The molecule has 2 aliphatic heterocycles. The number of hydrogen-bond donors (Lipinski definition) is 1. The van der Waals surface area contributed by atoms with Gasteiger partial charge in [-0.15, -0.1) is 24.0 Å². The van der Waals surface area contributed by atoms with Crippen LogP contribution in [0.5, 0.6) is 0 Å². The Bertz CT molecular complexity index is 581. The van der Waals surface area contributed by atoms with Gasteiger partial charge in [0.2, 0.25) is 0 Å². The Balaban J connectivity index is 0.00000261. The number of nitrogens with one attached hydrogen (secondary N) is 1. The van der Waals surface area contributed by atoms with E-state index in [4.69, 9.17) is 9.47 Å². The molecule has 0 saturated carbocycles. The van der Waals surface area contributed by atoms with Gasteiger partial charge in [-0.25, -0.2) is 0 Å². The van der Waals surface area contributed by atoms with E-state index in [9.17, 15) is 0 Å². The number of benzene rings is 1. The number of nitrogens with zero attached hydrogens (tertiary/aromatic N) is 3. The fraction of sp³-hybridized carbons (Fsp3) is 0.650. The number of guanidine groups is 1. The molecule has 1 N–H and O–H groups in total. The van der Waals surface area contributed by atoms with Crippen molar-refractivity contribution in [1.82, 2.24) is 10.2 Å². The van der Waals surface area contributed by atoms with Crippen LogP contribution in [-0.2, 0) is 9.47 Å². The zero-order chi connectivity index (χ0) is 18.4. The van der Waals surface area contributed by atoms with Gasteiger partial charge in [0.1, 0.15) is 6.10 Å². The SMILES string of the molecule is CN=C(NCC(C)N(C)c1ccccc1)N1CCOC(C2CCCO2)C1.I. The highest BCUT2D eigenvalue weighted by molar-refractivity contribution is 14.0. The summed E-state index contributed by atoms with van der Waals surface area (Å²) < 4.78 is 11.8. The van der Waals surface area contributed by atoms with Crippen LogP contribution in [0.15, 0.2) is 35.3 Å². The van der Waals surface area contributed by atoms with E-state index in [1.165, 1.54) is 5.69 Å². The monoisotopic (exact) mass is 488 g/mol. The van der Waals surface area contributed by atoms with Crippen LogP contribution in [0, 0.1) is 0 Å². The van der Waals surface area contributed by atoms with Gasteiger partial charge in [-0.1, -0.05) is 18.2 Å². The van der Waals surface area contributed by atoms with E-state index >= 15 is 0 Å². The number of anilines is 1. The van der Waals surface area contributed by atoms with Crippen molar-refractivity contribution in [1.29, 1.82) is 0 Å². The summed E-state index contributed by atoms with van der Waals surface area (Å²) in [5.74, 6) is 0.949. The third-order valence-electron chi connectivity index (χ3n) is 5.36. The zero-order valence-electron chi connectivity index (χ0n) is 16.6. The molecule has 2 heterocycles. The first-order valence-corrected chi connectivity index (χ1v) is 9.65. The molecule has 3 atom stereocenters. The van der Waals surface area contributed by atoms with Crippen molar-refractivity contribution in [3.8, 4) is 0 Å². The van der Waals surface area contributed by atoms with Crippen molar-refractivity contribution in [2.24, 2.45) is 4.99 Å². The minimum atomic E-state index is 0. The fourth-order valence-electron chi connectivity index (χ4n) is 3.61. The second-order valence-corrected chi connectivity index (χ2v) is 7.13. The summed E-state index contributed by atoms with van der Waals surface area (Å²) in [6, 6.07) is 10.8. The molecule has 0 bridgehead atoms. The summed E-state index contributed by atoms with van der Waals surface area (Å²) in [7, 11) is 3.98. The van der Waals surface area contributed by atoms with E-state index in [0.29, 0.717) is 6.04 Å². The molecule has 1 aromatic carbocycles. The third-order valence-corrected chi connectivity index (χ3v) is 5.36. The summed E-state index contributed by atoms with van der Waals surface area (Å²) in [4.78, 5) is 9.08. The van der Waals surface area contributed by atoms with Crippen molar-refractivity contribution in [3.05, 3.63) is 30.3 Å². The van der Waals surface area contributed by atoms with E-state index in [2.05, 4.69) is 58.3 Å². The van der Waals surface area contributed by atoms with Gasteiger partial charge in [0.15, 0.2) is 5.96 Å². The Morgan fingerprint density at radius 3 is 2.67 bits per heavy atom. The summed E-state index contributed by atoms with van der Waals surface area (Å²) in [6.45, 7) is 6.35. The quantitative estimate of drug-likeness (QED) is 0.393. The van der Waals surface area contributed by atoms with Crippen LogP contribution in [0.2, 0.25) is 0 Å². The molecule has 152 valence electrons. The van der Waals surface area contributed by atoms with Gasteiger partial charge in [0, 0.05) is 52.1 Å². The molecule has 2 saturated heterocycles. The van der Waals surface area contributed by atoms with Gasteiger partial charge in [-0.3, -0.25) is 4.99 Å². The van der Waals surface area contributed by atoms with Crippen LogP contribution >= 0.6 is 24.0 Å². The molecular weight excluding hydrogens is 455 g/mol. The Morgan fingerprint density at radius 1 is 1.26 bits per heavy atom. The first kappa shape index (κ1) is 22.2. The predicted octanol–water partition coefficient (Wildman–Crippen LogP) is 2.58. The second kappa shape index (κ2) is 11.1. The van der Waals surface area contributed by atoms with Crippen molar-refractivity contribution in [3.63, 3.8) is 0 Å². The molecule has 27 heavy (non-hydrogen) atoms. The molecule has 0 aliphatic carbocycles. The lowest BCUT2D eigenvalue weighted by Crippen LogP contribution is -2.54. The molecule has 0 aromatic heterocycles. The number of ether oxygens (including phenoxy) is 2. The van der Waals surface area contributed by atoms with Gasteiger partial charge >= 0.3 is 0 Å². The first-order valence-electron chi connectivity index (χ1n) is 9.65. The standard InChI is InChI=1S/C20H32N4O2.HI/c1-16(23(3)17-8-5-4-6-9-17)14-22-20(21-2)24-11-13-26-19(15-24)18-10-7-12-25-18;/h4-6,8-9,16,18-19H,7,10-15H2,1-3H3,(H,21,22);1H. The Morgan fingerprint density at radius 2 is 2.00 bits per heavy atom. The Hall–Kier alpha value is -1.06. The first-order chi connectivity index (χ1) is 12.7. The smallest absolute Gasteiger partial charge is 0.193 e. The number of hydrogen-bond acceptors (Lipinski definition) is 4. The third kappa shape index (κ3) is 5.96. The lowest BCUT2D eigenvalue weighted by atomic mass is 10.1. The van der Waals surface area contributed by atoms with Crippen LogP contribution < -0.4 is 10.2 Å². The maximum Gasteiger partial charge on any atom is 0.193 e. The van der Waals surface area contributed by atoms with Crippen molar-refractivity contribution in [2.75, 3.05) is 51.8 Å². The number of rotatable bonds is 5. The van der Waals surface area contributed by atoms with E-state index in [-0.39, 0.29) is 36.2 Å². The number of morpholine rings is 1. The van der Waals surface area contributed by atoms with Crippen LogP contribution in [0.25, 0.3) is 0 Å². The van der Waals surface area contributed by atoms with Gasteiger partial charge in [-0.05, 0) is 31.9 Å². The Kier molecular flexibility index (Phi) is 9.11. The van der Waals surface area contributed by atoms with Crippen LogP contribution in [0.1, 0.15) is 19.8 Å². The van der Waals surface area contributed by atoms with E-state index in [1.54, 1.807) is 0 Å². The molecule has 0 radical (unpaired) electrons. The van der Waals surface area contributed by atoms with Crippen LogP contribution in [0.4, 0.5) is 5.69 Å². The molecule has 3 unspecified atom stereocenters. The average molecular weight is 488 g/mol.